The van der Waals surface area contributed by atoms with Gasteiger partial charge in [0.05, 0.1) is 6.61 Å². The highest BCUT2D eigenvalue weighted by Gasteiger charge is 1.95. The van der Waals surface area contributed by atoms with Gasteiger partial charge < -0.3 is 15.2 Å². The molecule has 0 aliphatic carbocycles. The van der Waals surface area contributed by atoms with Gasteiger partial charge in [0.2, 0.25) is 0 Å². The lowest BCUT2D eigenvalue weighted by Gasteiger charge is -2.07. The first-order valence-electron chi connectivity index (χ1n) is 7.86. The van der Waals surface area contributed by atoms with Crippen molar-refractivity contribution in [3.63, 3.8) is 0 Å². The number of nitrogens with two attached hydrogens (primary N) is 1. The van der Waals surface area contributed by atoms with E-state index < -0.39 is 0 Å². The Morgan fingerprint density at radius 1 is 0.850 bits per heavy atom. The van der Waals surface area contributed by atoms with Crippen LogP contribution in [0.2, 0.25) is 0 Å². The minimum absolute atomic E-state index is 0.571. The van der Waals surface area contributed by atoms with E-state index in [9.17, 15) is 0 Å². The van der Waals surface area contributed by atoms with Crippen molar-refractivity contribution in [2.24, 2.45) is 5.73 Å². The van der Waals surface area contributed by atoms with Crippen molar-refractivity contribution in [2.45, 2.75) is 52.0 Å². The molecule has 0 saturated heterocycles. The molecular formula is C17H29NO2. The molecule has 0 aliphatic heterocycles. The maximum absolute atomic E-state index is 5.60. The minimum atomic E-state index is 0.571. The number of hydrogen-bond acceptors (Lipinski definition) is 3. The first-order valence-corrected chi connectivity index (χ1v) is 7.86. The van der Waals surface area contributed by atoms with E-state index >= 15 is 0 Å². The summed E-state index contributed by atoms with van der Waals surface area (Å²) in [6.07, 6.45) is 7.80. The molecule has 0 saturated carbocycles. The summed E-state index contributed by atoms with van der Waals surface area (Å²) < 4.78 is 11.2. The van der Waals surface area contributed by atoms with Crippen LogP contribution >= 0.6 is 0 Å². The summed E-state index contributed by atoms with van der Waals surface area (Å²) in [4.78, 5) is 0. The fraction of sp³-hybridized carbons (Fsp3) is 0.647. The van der Waals surface area contributed by atoms with Crippen molar-refractivity contribution in [2.75, 3.05) is 19.8 Å². The average Bonchev–Trinajstić information content (AvgIpc) is 2.50. The van der Waals surface area contributed by atoms with Gasteiger partial charge in [-0.05, 0) is 24.1 Å². The molecule has 1 rings (SSSR count). The third-order valence-electron chi connectivity index (χ3n) is 3.30. The molecular weight excluding hydrogens is 250 g/mol. The summed E-state index contributed by atoms with van der Waals surface area (Å²) in [5, 5.41) is 0. The van der Waals surface area contributed by atoms with E-state index in [0.717, 1.165) is 24.3 Å². The monoisotopic (exact) mass is 279 g/mol. The predicted octanol–water partition coefficient (Wildman–Crippen LogP) is 3.90. The molecule has 20 heavy (non-hydrogen) atoms. The molecule has 0 bridgehead atoms. The number of benzene rings is 1. The molecule has 0 aromatic heterocycles. The molecule has 0 unspecified atom stereocenters. The van der Waals surface area contributed by atoms with E-state index in [1.54, 1.807) is 0 Å². The Balaban J connectivity index is 1.91. The lowest BCUT2D eigenvalue weighted by Crippen LogP contribution is -2.07. The van der Waals surface area contributed by atoms with Crippen LogP contribution in [0.25, 0.3) is 0 Å². The second-order valence-corrected chi connectivity index (χ2v) is 5.08. The normalized spacial score (nSPS) is 10.7. The zero-order valence-corrected chi connectivity index (χ0v) is 12.8. The van der Waals surface area contributed by atoms with Crippen LogP contribution in [0.3, 0.4) is 0 Å². The fourth-order valence-electron chi connectivity index (χ4n) is 2.03. The van der Waals surface area contributed by atoms with Gasteiger partial charge in [0, 0.05) is 13.2 Å². The fourth-order valence-corrected chi connectivity index (χ4v) is 2.03. The van der Waals surface area contributed by atoms with Crippen LogP contribution in [0.5, 0.6) is 5.75 Å². The molecule has 0 radical (unpaired) electrons. The van der Waals surface area contributed by atoms with Crippen LogP contribution in [-0.4, -0.2) is 19.8 Å². The van der Waals surface area contributed by atoms with Crippen LogP contribution in [0, 0.1) is 0 Å². The summed E-state index contributed by atoms with van der Waals surface area (Å²) in [5.41, 5.74) is 6.67. The van der Waals surface area contributed by atoms with Gasteiger partial charge in [0.25, 0.3) is 0 Å². The summed E-state index contributed by atoms with van der Waals surface area (Å²) >= 11 is 0. The Labute approximate surface area is 123 Å². The third-order valence-corrected chi connectivity index (χ3v) is 3.30. The second-order valence-electron chi connectivity index (χ2n) is 5.08. The second kappa shape index (κ2) is 11.7. The van der Waals surface area contributed by atoms with E-state index in [1.165, 1.54) is 32.1 Å². The number of hydrogen-bond donors (Lipinski definition) is 1. The minimum Gasteiger partial charge on any atom is -0.491 e. The molecule has 0 heterocycles. The highest BCUT2D eigenvalue weighted by Crippen LogP contribution is 2.11. The third kappa shape index (κ3) is 8.18. The Hall–Kier alpha value is -1.06. The van der Waals surface area contributed by atoms with Crippen molar-refractivity contribution in [3.8, 4) is 5.75 Å². The maximum atomic E-state index is 5.60. The Bertz CT molecular complexity index is 324. The summed E-state index contributed by atoms with van der Waals surface area (Å²) in [5.74, 6) is 0.880. The molecule has 2 N–H and O–H groups in total. The van der Waals surface area contributed by atoms with Crippen LogP contribution in [0.4, 0.5) is 0 Å². The molecule has 1 aromatic carbocycles. The van der Waals surface area contributed by atoms with Gasteiger partial charge in [-0.1, -0.05) is 51.2 Å². The SMILES string of the molecule is CCCCCCCCOCCOc1ccc(CN)cc1. The number of rotatable bonds is 12. The van der Waals surface area contributed by atoms with E-state index in [4.69, 9.17) is 15.2 Å². The topological polar surface area (TPSA) is 44.5 Å². The lowest BCUT2D eigenvalue weighted by atomic mass is 10.1. The Morgan fingerprint density at radius 2 is 1.55 bits per heavy atom. The van der Waals surface area contributed by atoms with Crippen molar-refractivity contribution in [3.05, 3.63) is 29.8 Å². The van der Waals surface area contributed by atoms with E-state index in [-0.39, 0.29) is 0 Å². The van der Waals surface area contributed by atoms with E-state index in [0.29, 0.717) is 19.8 Å². The molecule has 3 nitrogen and oxygen atoms in total. The smallest absolute Gasteiger partial charge is 0.119 e. The number of unbranched alkanes of at least 4 members (excludes halogenated alkanes) is 5. The van der Waals surface area contributed by atoms with Gasteiger partial charge in [-0.3, -0.25) is 0 Å². The highest BCUT2D eigenvalue weighted by molar-refractivity contribution is 5.26. The molecule has 0 atom stereocenters. The van der Waals surface area contributed by atoms with Gasteiger partial charge in [-0.25, -0.2) is 0 Å². The van der Waals surface area contributed by atoms with Gasteiger partial charge in [0.15, 0.2) is 0 Å². The van der Waals surface area contributed by atoms with Crippen LogP contribution in [0.15, 0.2) is 24.3 Å². The van der Waals surface area contributed by atoms with Gasteiger partial charge in [-0.15, -0.1) is 0 Å². The first-order chi connectivity index (χ1) is 9.86. The van der Waals surface area contributed by atoms with Crippen LogP contribution < -0.4 is 10.5 Å². The Kier molecular flexibility index (Phi) is 9.98. The maximum Gasteiger partial charge on any atom is 0.119 e. The zero-order chi connectivity index (χ0) is 14.5. The Morgan fingerprint density at radius 3 is 2.25 bits per heavy atom. The van der Waals surface area contributed by atoms with Crippen molar-refractivity contribution in [1.82, 2.24) is 0 Å². The summed E-state index contributed by atoms with van der Waals surface area (Å²) in [7, 11) is 0. The average molecular weight is 279 g/mol. The largest absolute Gasteiger partial charge is 0.491 e. The molecule has 1 aromatic rings. The van der Waals surface area contributed by atoms with Crippen molar-refractivity contribution in [1.29, 1.82) is 0 Å². The summed E-state index contributed by atoms with van der Waals surface area (Å²) in [6, 6.07) is 7.89. The van der Waals surface area contributed by atoms with Crippen molar-refractivity contribution >= 4 is 0 Å². The van der Waals surface area contributed by atoms with Gasteiger partial charge in [0.1, 0.15) is 12.4 Å². The van der Waals surface area contributed by atoms with Crippen molar-refractivity contribution < 1.29 is 9.47 Å². The molecule has 0 aliphatic rings. The van der Waals surface area contributed by atoms with E-state index in [2.05, 4.69) is 6.92 Å². The molecule has 0 fully saturated rings. The van der Waals surface area contributed by atoms with Crippen LogP contribution in [0.1, 0.15) is 51.0 Å². The van der Waals surface area contributed by atoms with Crippen LogP contribution in [-0.2, 0) is 11.3 Å². The first kappa shape index (κ1) is 17.0. The van der Waals surface area contributed by atoms with Gasteiger partial charge >= 0.3 is 0 Å². The zero-order valence-electron chi connectivity index (χ0n) is 12.8. The highest BCUT2D eigenvalue weighted by atomic mass is 16.5. The molecule has 0 spiro atoms. The number of ether oxygens (including phenoxy) is 2. The quantitative estimate of drug-likeness (QED) is 0.590. The summed E-state index contributed by atoms with van der Waals surface area (Å²) in [6.45, 7) is 4.93. The predicted molar refractivity (Wildman–Crippen MR) is 84.0 cm³/mol. The van der Waals surface area contributed by atoms with E-state index in [1.807, 2.05) is 24.3 Å². The molecule has 3 heteroatoms. The molecule has 114 valence electrons. The molecule has 0 amide bonds. The van der Waals surface area contributed by atoms with Gasteiger partial charge in [-0.2, -0.15) is 0 Å². The standard InChI is InChI=1S/C17H29NO2/c1-2-3-4-5-6-7-12-19-13-14-20-17-10-8-16(15-18)9-11-17/h8-11H,2-7,12-15,18H2,1H3. The lowest BCUT2D eigenvalue weighted by molar-refractivity contribution is 0.0970.